The molecule has 112 valence electrons. The standard InChI is InChI=1S/C16H20FN3O/c1-2-11-21-16-14(18)7-8-15(20-16)19-10-9-12-5-3-4-6-13(12)17/h3-8H,2,9-11,18H2,1H3,(H,19,20). The number of ether oxygens (including phenoxy) is 1. The fourth-order valence-corrected chi connectivity index (χ4v) is 1.89. The smallest absolute Gasteiger partial charge is 0.239 e. The van der Waals surface area contributed by atoms with E-state index in [1.165, 1.54) is 6.07 Å². The number of pyridine rings is 1. The Morgan fingerprint density at radius 3 is 2.81 bits per heavy atom. The summed E-state index contributed by atoms with van der Waals surface area (Å²) in [5.41, 5.74) is 7.00. The van der Waals surface area contributed by atoms with Crippen LogP contribution >= 0.6 is 0 Å². The van der Waals surface area contributed by atoms with Gasteiger partial charge in [0, 0.05) is 6.54 Å². The van der Waals surface area contributed by atoms with E-state index in [1.807, 2.05) is 13.0 Å². The minimum absolute atomic E-state index is 0.184. The molecule has 3 N–H and O–H groups in total. The van der Waals surface area contributed by atoms with Gasteiger partial charge in [-0.05, 0) is 36.6 Å². The summed E-state index contributed by atoms with van der Waals surface area (Å²) in [4.78, 5) is 4.31. The number of rotatable bonds is 7. The molecule has 0 spiro atoms. The van der Waals surface area contributed by atoms with Gasteiger partial charge in [-0.15, -0.1) is 0 Å². The van der Waals surface area contributed by atoms with Crippen LogP contribution in [0.2, 0.25) is 0 Å². The van der Waals surface area contributed by atoms with Crippen molar-refractivity contribution in [1.82, 2.24) is 4.98 Å². The maximum atomic E-state index is 13.5. The largest absolute Gasteiger partial charge is 0.476 e. The highest BCUT2D eigenvalue weighted by atomic mass is 19.1. The molecule has 0 saturated carbocycles. The van der Waals surface area contributed by atoms with Crippen LogP contribution in [0.15, 0.2) is 36.4 Å². The van der Waals surface area contributed by atoms with E-state index in [4.69, 9.17) is 10.5 Å². The number of hydrogen-bond acceptors (Lipinski definition) is 4. The monoisotopic (exact) mass is 289 g/mol. The molecule has 0 unspecified atom stereocenters. The predicted molar refractivity (Wildman–Crippen MR) is 83.0 cm³/mol. The molecule has 0 radical (unpaired) electrons. The van der Waals surface area contributed by atoms with Crippen LogP contribution in [0.3, 0.4) is 0 Å². The number of nitrogen functional groups attached to an aromatic ring is 1. The summed E-state index contributed by atoms with van der Waals surface area (Å²) in [6.45, 7) is 3.19. The fraction of sp³-hybridized carbons (Fsp3) is 0.312. The Bertz CT molecular complexity index is 589. The van der Waals surface area contributed by atoms with Crippen molar-refractivity contribution in [2.24, 2.45) is 0 Å². The average molecular weight is 289 g/mol. The molecular formula is C16H20FN3O. The van der Waals surface area contributed by atoms with Gasteiger partial charge in [-0.2, -0.15) is 4.98 Å². The minimum atomic E-state index is -0.184. The fourth-order valence-electron chi connectivity index (χ4n) is 1.89. The normalized spacial score (nSPS) is 10.4. The maximum absolute atomic E-state index is 13.5. The van der Waals surface area contributed by atoms with E-state index in [1.54, 1.807) is 24.3 Å². The lowest BCUT2D eigenvalue weighted by atomic mass is 10.1. The number of hydrogen-bond donors (Lipinski definition) is 2. The summed E-state index contributed by atoms with van der Waals surface area (Å²) in [6.07, 6.45) is 1.48. The van der Waals surface area contributed by atoms with E-state index in [9.17, 15) is 4.39 Å². The van der Waals surface area contributed by atoms with Crippen molar-refractivity contribution < 1.29 is 9.13 Å². The van der Waals surface area contributed by atoms with Crippen LogP contribution in [0.4, 0.5) is 15.9 Å². The highest BCUT2D eigenvalue weighted by Gasteiger charge is 2.05. The Kier molecular flexibility index (Phi) is 5.37. The van der Waals surface area contributed by atoms with Crippen molar-refractivity contribution in [2.45, 2.75) is 19.8 Å². The van der Waals surface area contributed by atoms with Crippen molar-refractivity contribution in [3.8, 4) is 5.88 Å². The minimum Gasteiger partial charge on any atom is -0.476 e. The lowest BCUT2D eigenvalue weighted by Crippen LogP contribution is -2.09. The predicted octanol–water partition coefficient (Wildman–Crippen LogP) is 3.25. The van der Waals surface area contributed by atoms with E-state index in [0.29, 0.717) is 42.5 Å². The van der Waals surface area contributed by atoms with Crippen molar-refractivity contribution in [3.05, 3.63) is 47.8 Å². The van der Waals surface area contributed by atoms with Gasteiger partial charge in [0.1, 0.15) is 11.6 Å². The summed E-state index contributed by atoms with van der Waals surface area (Å²) in [5.74, 6) is 0.927. The van der Waals surface area contributed by atoms with E-state index in [0.717, 1.165) is 6.42 Å². The third-order valence-electron chi connectivity index (χ3n) is 2.99. The molecule has 0 fully saturated rings. The molecule has 21 heavy (non-hydrogen) atoms. The number of halogens is 1. The van der Waals surface area contributed by atoms with Crippen molar-refractivity contribution in [2.75, 3.05) is 24.2 Å². The molecule has 0 saturated heterocycles. The van der Waals surface area contributed by atoms with Gasteiger partial charge in [0.25, 0.3) is 0 Å². The molecule has 1 aromatic heterocycles. The maximum Gasteiger partial charge on any atom is 0.239 e. The first-order valence-corrected chi connectivity index (χ1v) is 7.07. The van der Waals surface area contributed by atoms with Gasteiger partial charge in [-0.25, -0.2) is 4.39 Å². The quantitative estimate of drug-likeness (QED) is 0.821. The Morgan fingerprint density at radius 1 is 1.24 bits per heavy atom. The Labute approximate surface area is 124 Å². The van der Waals surface area contributed by atoms with Crippen LogP contribution in [0.25, 0.3) is 0 Å². The topological polar surface area (TPSA) is 60.2 Å². The zero-order chi connectivity index (χ0) is 15.1. The number of anilines is 2. The summed E-state index contributed by atoms with van der Waals surface area (Å²) in [7, 11) is 0. The first kappa shape index (κ1) is 15.1. The summed E-state index contributed by atoms with van der Waals surface area (Å²) >= 11 is 0. The molecule has 5 heteroatoms. The number of aromatic nitrogens is 1. The van der Waals surface area contributed by atoms with E-state index >= 15 is 0 Å². The van der Waals surface area contributed by atoms with Gasteiger partial charge in [-0.1, -0.05) is 25.1 Å². The van der Waals surface area contributed by atoms with Crippen molar-refractivity contribution >= 4 is 11.5 Å². The third-order valence-corrected chi connectivity index (χ3v) is 2.99. The molecule has 4 nitrogen and oxygen atoms in total. The van der Waals surface area contributed by atoms with Crippen LogP contribution in [0.5, 0.6) is 5.88 Å². The van der Waals surface area contributed by atoms with Crippen LogP contribution in [0, 0.1) is 5.82 Å². The second-order valence-electron chi connectivity index (χ2n) is 4.71. The van der Waals surface area contributed by atoms with Crippen molar-refractivity contribution in [1.29, 1.82) is 0 Å². The molecule has 0 aliphatic rings. The number of nitrogens with one attached hydrogen (secondary N) is 1. The Balaban J connectivity index is 1.92. The SMILES string of the molecule is CCCOc1nc(NCCc2ccccc2F)ccc1N. The summed E-state index contributed by atoms with van der Waals surface area (Å²) in [6, 6.07) is 10.3. The van der Waals surface area contributed by atoms with E-state index in [2.05, 4.69) is 10.3 Å². The average Bonchev–Trinajstić information content (AvgIpc) is 2.49. The lowest BCUT2D eigenvalue weighted by molar-refractivity contribution is 0.307. The summed E-state index contributed by atoms with van der Waals surface area (Å²) in [5, 5.41) is 3.15. The summed E-state index contributed by atoms with van der Waals surface area (Å²) < 4.78 is 19.0. The van der Waals surface area contributed by atoms with Crippen LogP contribution in [-0.2, 0) is 6.42 Å². The second-order valence-corrected chi connectivity index (χ2v) is 4.71. The van der Waals surface area contributed by atoms with Crippen molar-refractivity contribution in [3.63, 3.8) is 0 Å². The lowest BCUT2D eigenvalue weighted by Gasteiger charge is -2.10. The first-order valence-electron chi connectivity index (χ1n) is 7.07. The van der Waals surface area contributed by atoms with E-state index < -0.39 is 0 Å². The van der Waals surface area contributed by atoms with Crippen LogP contribution in [0.1, 0.15) is 18.9 Å². The van der Waals surface area contributed by atoms with Gasteiger partial charge in [0.2, 0.25) is 5.88 Å². The molecule has 1 aromatic carbocycles. The molecule has 0 aliphatic carbocycles. The van der Waals surface area contributed by atoms with Gasteiger partial charge in [-0.3, -0.25) is 0 Å². The Hall–Kier alpha value is -2.30. The van der Waals surface area contributed by atoms with Gasteiger partial charge >= 0.3 is 0 Å². The van der Waals surface area contributed by atoms with Gasteiger partial charge in [0.05, 0.1) is 12.3 Å². The molecule has 2 rings (SSSR count). The second kappa shape index (κ2) is 7.47. The third kappa shape index (κ3) is 4.34. The number of nitrogens with two attached hydrogens (primary N) is 1. The zero-order valence-corrected chi connectivity index (χ0v) is 12.1. The van der Waals surface area contributed by atoms with Gasteiger partial charge in [0.15, 0.2) is 0 Å². The zero-order valence-electron chi connectivity index (χ0n) is 12.1. The molecule has 0 amide bonds. The molecule has 0 bridgehead atoms. The van der Waals surface area contributed by atoms with Crippen LogP contribution in [-0.4, -0.2) is 18.1 Å². The molecule has 1 heterocycles. The number of nitrogens with zero attached hydrogens (tertiary/aromatic N) is 1. The molecule has 2 aromatic rings. The molecule has 0 atom stereocenters. The first-order chi connectivity index (χ1) is 10.2. The molecular weight excluding hydrogens is 269 g/mol. The molecule has 0 aliphatic heterocycles. The van der Waals surface area contributed by atoms with E-state index in [-0.39, 0.29) is 5.82 Å². The van der Waals surface area contributed by atoms with Crippen LogP contribution < -0.4 is 15.8 Å². The highest BCUT2D eigenvalue weighted by molar-refractivity contribution is 5.53. The highest BCUT2D eigenvalue weighted by Crippen LogP contribution is 2.21. The van der Waals surface area contributed by atoms with Gasteiger partial charge < -0.3 is 15.8 Å². The number of benzene rings is 1. The Morgan fingerprint density at radius 2 is 2.05 bits per heavy atom.